The van der Waals surface area contributed by atoms with Crippen LogP contribution in [0.25, 0.3) is 0 Å². The second-order valence-electron chi connectivity index (χ2n) is 5.21. The Morgan fingerprint density at radius 2 is 2.29 bits per heavy atom. The van der Waals surface area contributed by atoms with E-state index in [9.17, 15) is 4.79 Å². The number of methoxy groups -OCH3 is 1. The van der Waals surface area contributed by atoms with E-state index in [0.717, 1.165) is 18.1 Å². The fraction of sp³-hybridized carbons (Fsp3) is 0.500. The van der Waals surface area contributed by atoms with Crippen LogP contribution in [-0.2, 0) is 24.9 Å². The minimum atomic E-state index is -0.0632. The van der Waals surface area contributed by atoms with Crippen molar-refractivity contribution in [2.45, 2.75) is 26.1 Å². The van der Waals surface area contributed by atoms with Gasteiger partial charge in [0, 0.05) is 33.4 Å². The van der Waals surface area contributed by atoms with Gasteiger partial charge in [0.05, 0.1) is 24.5 Å². The van der Waals surface area contributed by atoms with Crippen molar-refractivity contribution in [3.63, 3.8) is 0 Å². The molecular weight excluding hydrogens is 270 g/mol. The van der Waals surface area contributed by atoms with Crippen molar-refractivity contribution in [3.8, 4) is 0 Å². The summed E-state index contributed by atoms with van der Waals surface area (Å²) >= 11 is 0. The predicted octanol–water partition coefficient (Wildman–Crippen LogP) is 0.980. The fourth-order valence-electron chi connectivity index (χ4n) is 2.83. The van der Waals surface area contributed by atoms with Gasteiger partial charge in [0.1, 0.15) is 11.5 Å². The molecule has 0 spiro atoms. The second kappa shape index (κ2) is 5.33. The van der Waals surface area contributed by atoms with E-state index in [4.69, 9.17) is 4.74 Å². The number of ether oxygens (including phenoxy) is 1. The first-order chi connectivity index (χ1) is 10.1. The summed E-state index contributed by atoms with van der Waals surface area (Å²) in [5, 5.41) is 4.06. The zero-order valence-electron chi connectivity index (χ0n) is 12.5. The first kappa shape index (κ1) is 13.8. The molecule has 0 bridgehead atoms. The third-order valence-electron chi connectivity index (χ3n) is 3.97. The van der Waals surface area contributed by atoms with Gasteiger partial charge >= 0.3 is 0 Å². The van der Waals surface area contributed by atoms with E-state index in [1.165, 1.54) is 0 Å². The van der Waals surface area contributed by atoms with Crippen molar-refractivity contribution in [1.82, 2.24) is 24.2 Å². The van der Waals surface area contributed by atoms with Crippen LogP contribution >= 0.6 is 0 Å². The maximum Gasteiger partial charge on any atom is 0.272 e. The summed E-state index contributed by atoms with van der Waals surface area (Å²) in [6.45, 7) is 3.94. The second-order valence-corrected chi connectivity index (χ2v) is 5.21. The van der Waals surface area contributed by atoms with Crippen molar-refractivity contribution in [1.29, 1.82) is 0 Å². The first-order valence-corrected chi connectivity index (χ1v) is 6.95. The zero-order valence-corrected chi connectivity index (χ0v) is 12.5. The average molecular weight is 289 g/mol. The van der Waals surface area contributed by atoms with Gasteiger partial charge in [-0.05, 0) is 13.0 Å². The van der Waals surface area contributed by atoms with E-state index in [0.29, 0.717) is 18.8 Å². The normalized spacial score (nSPS) is 17.9. The summed E-state index contributed by atoms with van der Waals surface area (Å²) < 4.78 is 8.93. The molecule has 0 saturated carbocycles. The highest BCUT2D eigenvalue weighted by Crippen LogP contribution is 2.26. The van der Waals surface area contributed by atoms with E-state index < -0.39 is 0 Å². The van der Waals surface area contributed by atoms with Crippen molar-refractivity contribution in [3.05, 3.63) is 35.7 Å². The topological polar surface area (TPSA) is 65.2 Å². The molecule has 1 aliphatic rings. The van der Waals surface area contributed by atoms with Crippen molar-refractivity contribution < 1.29 is 9.53 Å². The number of nitrogens with zero attached hydrogens (tertiary/aromatic N) is 5. The Labute approximate surface area is 123 Å². The number of hydrogen-bond acceptors (Lipinski definition) is 4. The standard InChI is InChI=1S/C14H19N5O2/c1-10-13-15-8-11(9-21-3)19(13)7-6-18(10)14(20)12-4-5-16-17(12)2/h4-5,8,10H,6-7,9H2,1-3H3/t10-/m0/s1. The molecular formula is C14H19N5O2. The smallest absolute Gasteiger partial charge is 0.272 e. The van der Waals surface area contributed by atoms with Crippen LogP contribution < -0.4 is 0 Å². The van der Waals surface area contributed by atoms with Crippen molar-refractivity contribution in [2.75, 3.05) is 13.7 Å². The quantitative estimate of drug-likeness (QED) is 0.845. The van der Waals surface area contributed by atoms with Gasteiger partial charge in [-0.2, -0.15) is 5.10 Å². The maximum atomic E-state index is 12.6. The predicted molar refractivity (Wildman–Crippen MR) is 75.6 cm³/mol. The molecule has 112 valence electrons. The van der Waals surface area contributed by atoms with Crippen LogP contribution in [0, 0.1) is 0 Å². The van der Waals surface area contributed by atoms with Gasteiger partial charge in [0.2, 0.25) is 0 Å². The van der Waals surface area contributed by atoms with Crippen LogP contribution in [-0.4, -0.2) is 43.8 Å². The summed E-state index contributed by atoms with van der Waals surface area (Å²) in [5.41, 5.74) is 1.64. The molecule has 2 aromatic heterocycles. The average Bonchev–Trinajstić information content (AvgIpc) is 3.06. The van der Waals surface area contributed by atoms with E-state index in [1.54, 1.807) is 31.1 Å². The molecule has 3 rings (SSSR count). The van der Waals surface area contributed by atoms with Crippen molar-refractivity contribution in [2.24, 2.45) is 7.05 Å². The summed E-state index contributed by atoms with van der Waals surface area (Å²) in [4.78, 5) is 18.9. The number of hydrogen-bond donors (Lipinski definition) is 0. The van der Waals surface area contributed by atoms with Gasteiger partial charge in [0.25, 0.3) is 5.91 Å². The molecule has 2 aromatic rings. The molecule has 0 aromatic carbocycles. The van der Waals surface area contributed by atoms with Gasteiger partial charge in [-0.3, -0.25) is 9.48 Å². The maximum absolute atomic E-state index is 12.6. The third-order valence-corrected chi connectivity index (χ3v) is 3.97. The Hall–Kier alpha value is -2.15. The Morgan fingerprint density at radius 1 is 1.48 bits per heavy atom. The van der Waals surface area contributed by atoms with Gasteiger partial charge in [-0.25, -0.2) is 4.98 Å². The lowest BCUT2D eigenvalue weighted by Crippen LogP contribution is -2.42. The Morgan fingerprint density at radius 3 is 2.95 bits per heavy atom. The summed E-state index contributed by atoms with van der Waals surface area (Å²) in [7, 11) is 3.45. The number of carbonyl (C=O) groups excluding carboxylic acids is 1. The number of fused-ring (bicyclic) bond motifs is 1. The Kier molecular flexibility index (Phi) is 3.50. The van der Waals surface area contributed by atoms with E-state index >= 15 is 0 Å². The van der Waals surface area contributed by atoms with Crippen LogP contribution in [0.15, 0.2) is 18.5 Å². The summed E-state index contributed by atoms with van der Waals surface area (Å²) in [6, 6.07) is 1.68. The van der Waals surface area contributed by atoms with Gasteiger partial charge in [0.15, 0.2) is 0 Å². The minimum absolute atomic E-state index is 0.00922. The molecule has 7 heteroatoms. The lowest BCUT2D eigenvalue weighted by atomic mass is 10.2. The largest absolute Gasteiger partial charge is 0.378 e. The molecule has 7 nitrogen and oxygen atoms in total. The van der Waals surface area contributed by atoms with Crippen LogP contribution in [0.4, 0.5) is 0 Å². The number of aryl methyl sites for hydroxylation is 1. The van der Waals surface area contributed by atoms with Crippen LogP contribution in [0.5, 0.6) is 0 Å². The summed E-state index contributed by atoms with van der Waals surface area (Å²) in [5.74, 6) is 0.897. The molecule has 0 aliphatic carbocycles. The molecule has 0 saturated heterocycles. The molecule has 0 fully saturated rings. The van der Waals surface area contributed by atoms with E-state index in [1.807, 2.05) is 18.0 Å². The number of aromatic nitrogens is 4. The van der Waals surface area contributed by atoms with Crippen LogP contribution in [0.3, 0.4) is 0 Å². The third kappa shape index (κ3) is 2.23. The zero-order chi connectivity index (χ0) is 15.0. The van der Waals surface area contributed by atoms with Gasteiger partial charge in [-0.15, -0.1) is 0 Å². The van der Waals surface area contributed by atoms with Crippen LogP contribution in [0.1, 0.15) is 35.0 Å². The molecule has 0 unspecified atom stereocenters. The Balaban J connectivity index is 1.87. The SMILES string of the molecule is COCc1cnc2n1CCN(C(=O)c1ccnn1C)[C@H]2C. The molecule has 1 atom stereocenters. The van der Waals surface area contributed by atoms with E-state index in [-0.39, 0.29) is 11.9 Å². The van der Waals surface area contributed by atoms with Gasteiger partial charge < -0.3 is 14.2 Å². The lowest BCUT2D eigenvalue weighted by Gasteiger charge is -2.34. The molecule has 21 heavy (non-hydrogen) atoms. The number of carbonyl (C=O) groups is 1. The molecule has 0 radical (unpaired) electrons. The number of amides is 1. The molecule has 0 N–H and O–H groups in total. The highest BCUT2D eigenvalue weighted by Gasteiger charge is 2.31. The van der Waals surface area contributed by atoms with E-state index in [2.05, 4.69) is 14.6 Å². The number of rotatable bonds is 3. The lowest BCUT2D eigenvalue weighted by molar-refractivity contribution is 0.0621. The monoisotopic (exact) mass is 289 g/mol. The van der Waals surface area contributed by atoms with Crippen LogP contribution in [0.2, 0.25) is 0 Å². The Bertz CT molecular complexity index is 660. The molecule has 1 amide bonds. The molecule has 1 aliphatic heterocycles. The first-order valence-electron chi connectivity index (χ1n) is 6.95. The van der Waals surface area contributed by atoms with Crippen molar-refractivity contribution >= 4 is 5.91 Å². The van der Waals surface area contributed by atoms with Gasteiger partial charge in [-0.1, -0.05) is 0 Å². The minimum Gasteiger partial charge on any atom is -0.378 e. The highest BCUT2D eigenvalue weighted by atomic mass is 16.5. The molecule has 3 heterocycles. The summed E-state index contributed by atoms with van der Waals surface area (Å²) in [6.07, 6.45) is 3.47. The fourth-order valence-corrected chi connectivity index (χ4v) is 2.83. The number of imidazole rings is 1. The highest BCUT2D eigenvalue weighted by molar-refractivity contribution is 5.92.